The van der Waals surface area contributed by atoms with Crippen LogP contribution in [0.4, 0.5) is 4.79 Å². The number of nitrogens with zero attached hydrogens (tertiary/aromatic N) is 2. The molecule has 3 atom stereocenters. The number of carbonyl (C=O) groups is 1. The highest BCUT2D eigenvalue weighted by Gasteiger charge is 2.57. The zero-order valence-electron chi connectivity index (χ0n) is 15.4. The summed E-state index contributed by atoms with van der Waals surface area (Å²) in [5.74, 6) is 0.602. The highest BCUT2D eigenvalue weighted by molar-refractivity contribution is 5.74. The zero-order valence-corrected chi connectivity index (χ0v) is 15.4. The SMILES string of the molecule is CN1CCN(C)[C@H](CNC(=O)NC[C@H]2C[C@]23CCc2ccccc23)C1. The molecule has 2 fully saturated rings. The lowest BCUT2D eigenvalue weighted by molar-refractivity contribution is 0.114. The zero-order chi connectivity index (χ0) is 17.4. The van der Waals surface area contributed by atoms with E-state index in [4.69, 9.17) is 0 Å². The fourth-order valence-electron chi connectivity index (χ4n) is 4.81. The van der Waals surface area contributed by atoms with Crippen molar-refractivity contribution in [1.82, 2.24) is 20.4 Å². The first-order chi connectivity index (χ1) is 12.1. The second-order valence-electron chi connectivity index (χ2n) is 8.20. The van der Waals surface area contributed by atoms with Crippen molar-refractivity contribution in [2.24, 2.45) is 5.92 Å². The molecule has 0 aromatic heterocycles. The van der Waals surface area contributed by atoms with E-state index in [1.807, 2.05) is 0 Å². The topological polar surface area (TPSA) is 47.6 Å². The van der Waals surface area contributed by atoms with Crippen LogP contribution in [0, 0.1) is 5.92 Å². The first-order valence-electron chi connectivity index (χ1n) is 9.57. The summed E-state index contributed by atoms with van der Waals surface area (Å²) in [6, 6.07) is 9.22. The van der Waals surface area contributed by atoms with Crippen molar-refractivity contribution in [2.45, 2.75) is 30.7 Å². The number of piperazine rings is 1. The Kier molecular flexibility index (Phi) is 4.46. The summed E-state index contributed by atoms with van der Waals surface area (Å²) in [4.78, 5) is 16.9. The minimum Gasteiger partial charge on any atom is -0.338 e. The Balaban J connectivity index is 1.23. The Morgan fingerprint density at radius 3 is 2.88 bits per heavy atom. The molecule has 1 saturated heterocycles. The van der Waals surface area contributed by atoms with Crippen LogP contribution in [0.5, 0.6) is 0 Å². The minimum atomic E-state index is -0.0186. The third-order valence-corrected chi connectivity index (χ3v) is 6.61. The van der Waals surface area contributed by atoms with E-state index >= 15 is 0 Å². The largest absolute Gasteiger partial charge is 0.338 e. The molecule has 4 rings (SSSR count). The molecule has 2 amide bonds. The van der Waals surface area contributed by atoms with Crippen LogP contribution in [0.15, 0.2) is 24.3 Å². The van der Waals surface area contributed by atoms with Crippen LogP contribution >= 0.6 is 0 Å². The average molecular weight is 342 g/mol. The normalized spacial score (nSPS) is 31.8. The van der Waals surface area contributed by atoms with E-state index < -0.39 is 0 Å². The molecule has 1 aromatic carbocycles. The summed E-state index contributed by atoms with van der Waals surface area (Å²) >= 11 is 0. The van der Waals surface area contributed by atoms with E-state index in [-0.39, 0.29) is 6.03 Å². The molecule has 3 aliphatic rings. The van der Waals surface area contributed by atoms with Gasteiger partial charge in [0.15, 0.2) is 0 Å². The molecule has 1 aromatic rings. The molecule has 5 heteroatoms. The van der Waals surface area contributed by atoms with Crippen molar-refractivity contribution in [1.29, 1.82) is 0 Å². The van der Waals surface area contributed by atoms with Gasteiger partial charge in [-0.05, 0) is 50.4 Å². The fraction of sp³-hybridized carbons (Fsp3) is 0.650. The predicted molar refractivity (Wildman–Crippen MR) is 99.9 cm³/mol. The number of likely N-dealkylation sites (N-methyl/N-ethyl adjacent to an activating group) is 2. The quantitative estimate of drug-likeness (QED) is 0.870. The number of nitrogens with one attached hydrogen (secondary N) is 2. The molecule has 1 spiro atoms. The summed E-state index contributed by atoms with van der Waals surface area (Å²) in [7, 11) is 4.29. The van der Waals surface area contributed by atoms with Crippen LogP contribution in [0.25, 0.3) is 0 Å². The van der Waals surface area contributed by atoms with Crippen molar-refractivity contribution in [3.8, 4) is 0 Å². The fourth-order valence-corrected chi connectivity index (χ4v) is 4.81. The summed E-state index contributed by atoms with van der Waals surface area (Å²) in [5.41, 5.74) is 3.41. The number of fused-ring (bicyclic) bond motifs is 2. The minimum absolute atomic E-state index is 0.0186. The smallest absolute Gasteiger partial charge is 0.314 e. The van der Waals surface area contributed by atoms with Crippen LogP contribution in [0.3, 0.4) is 0 Å². The lowest BCUT2D eigenvalue weighted by Crippen LogP contribution is -2.55. The van der Waals surface area contributed by atoms with Crippen molar-refractivity contribution >= 4 is 6.03 Å². The van der Waals surface area contributed by atoms with Crippen molar-refractivity contribution in [3.63, 3.8) is 0 Å². The van der Waals surface area contributed by atoms with Gasteiger partial charge in [-0.3, -0.25) is 4.90 Å². The number of aryl methyl sites for hydroxylation is 1. The molecular weight excluding hydrogens is 312 g/mol. The molecule has 0 radical (unpaired) electrons. The molecule has 5 nitrogen and oxygen atoms in total. The Bertz CT molecular complexity index is 648. The van der Waals surface area contributed by atoms with Gasteiger partial charge in [-0.25, -0.2) is 4.79 Å². The lowest BCUT2D eigenvalue weighted by atomic mass is 9.95. The lowest BCUT2D eigenvalue weighted by Gasteiger charge is -2.37. The number of benzene rings is 1. The molecule has 0 bridgehead atoms. The Labute approximate surface area is 150 Å². The van der Waals surface area contributed by atoms with Crippen molar-refractivity contribution in [2.75, 3.05) is 46.8 Å². The van der Waals surface area contributed by atoms with Crippen LogP contribution < -0.4 is 10.6 Å². The monoisotopic (exact) mass is 342 g/mol. The number of carbonyl (C=O) groups excluding carboxylic acids is 1. The molecule has 1 aliphatic heterocycles. The molecule has 2 N–H and O–H groups in total. The Hall–Kier alpha value is -1.59. The van der Waals surface area contributed by atoms with E-state index in [0.717, 1.165) is 26.2 Å². The summed E-state index contributed by atoms with van der Waals surface area (Å²) in [6.45, 7) is 4.68. The highest BCUT2D eigenvalue weighted by atomic mass is 16.2. The van der Waals surface area contributed by atoms with Gasteiger partial charge in [-0.2, -0.15) is 0 Å². The van der Waals surface area contributed by atoms with Crippen LogP contribution in [-0.2, 0) is 11.8 Å². The standard InChI is InChI=1S/C20H30N4O/c1-23-9-10-24(2)17(14-23)13-22-19(25)21-12-16-11-20(16)8-7-15-5-3-4-6-18(15)20/h3-6,16-17H,7-14H2,1-2H3,(H2,21,22,25)/t16-,17-,20-/m1/s1. The maximum atomic E-state index is 12.2. The molecule has 1 saturated carbocycles. The van der Waals surface area contributed by atoms with Crippen LogP contribution in [0.1, 0.15) is 24.0 Å². The molecule has 25 heavy (non-hydrogen) atoms. The highest BCUT2D eigenvalue weighted by Crippen LogP contribution is 2.61. The van der Waals surface area contributed by atoms with E-state index in [1.54, 1.807) is 0 Å². The number of amides is 2. The van der Waals surface area contributed by atoms with Gasteiger partial charge in [0.05, 0.1) is 0 Å². The predicted octanol–water partition coefficient (Wildman–Crippen LogP) is 1.44. The summed E-state index contributed by atoms with van der Waals surface area (Å²) in [5, 5.41) is 6.18. The van der Waals surface area contributed by atoms with E-state index in [0.29, 0.717) is 23.9 Å². The first-order valence-corrected chi connectivity index (χ1v) is 9.57. The van der Waals surface area contributed by atoms with Gasteiger partial charge in [-0.15, -0.1) is 0 Å². The van der Waals surface area contributed by atoms with Crippen molar-refractivity contribution in [3.05, 3.63) is 35.4 Å². The van der Waals surface area contributed by atoms with Gasteiger partial charge >= 0.3 is 6.03 Å². The summed E-state index contributed by atoms with van der Waals surface area (Å²) in [6.07, 6.45) is 3.67. The molecule has 0 unspecified atom stereocenters. The Morgan fingerprint density at radius 2 is 2.00 bits per heavy atom. The van der Waals surface area contributed by atoms with Crippen LogP contribution in [-0.4, -0.2) is 68.7 Å². The third-order valence-electron chi connectivity index (χ3n) is 6.61. The second kappa shape index (κ2) is 6.61. The Morgan fingerprint density at radius 1 is 1.20 bits per heavy atom. The van der Waals surface area contributed by atoms with Gasteiger partial charge < -0.3 is 15.5 Å². The van der Waals surface area contributed by atoms with Gasteiger partial charge in [0, 0.05) is 44.2 Å². The molecule has 136 valence electrons. The van der Waals surface area contributed by atoms with Crippen molar-refractivity contribution < 1.29 is 4.79 Å². The maximum Gasteiger partial charge on any atom is 0.314 e. The number of hydrogen-bond acceptors (Lipinski definition) is 3. The average Bonchev–Trinajstić information content (AvgIpc) is 3.20. The van der Waals surface area contributed by atoms with Crippen LogP contribution in [0.2, 0.25) is 0 Å². The maximum absolute atomic E-state index is 12.2. The third kappa shape index (κ3) is 3.27. The number of urea groups is 1. The molecular formula is C20H30N4O. The number of rotatable bonds is 4. The molecule has 1 heterocycles. The van der Waals surface area contributed by atoms with Gasteiger partial charge in [0.25, 0.3) is 0 Å². The number of hydrogen-bond donors (Lipinski definition) is 2. The van der Waals surface area contributed by atoms with E-state index in [9.17, 15) is 4.79 Å². The van der Waals surface area contributed by atoms with E-state index in [1.165, 1.54) is 30.4 Å². The second-order valence-corrected chi connectivity index (χ2v) is 8.20. The first kappa shape index (κ1) is 16.9. The van der Waals surface area contributed by atoms with Gasteiger partial charge in [-0.1, -0.05) is 24.3 Å². The van der Waals surface area contributed by atoms with Gasteiger partial charge in [0.2, 0.25) is 0 Å². The van der Waals surface area contributed by atoms with Gasteiger partial charge in [0.1, 0.15) is 0 Å². The van der Waals surface area contributed by atoms with E-state index in [2.05, 4.69) is 58.8 Å². The summed E-state index contributed by atoms with van der Waals surface area (Å²) < 4.78 is 0. The molecule has 2 aliphatic carbocycles.